The number of nitrogens with two attached hydrogens (primary N) is 1. The number of carbonyl (C=O) groups is 1. The van der Waals surface area contributed by atoms with E-state index in [4.69, 9.17) is 17.3 Å². The zero-order valence-corrected chi connectivity index (χ0v) is 10.8. The molecule has 0 saturated heterocycles. The van der Waals surface area contributed by atoms with Crippen LogP contribution in [-0.4, -0.2) is 10.9 Å². The van der Waals surface area contributed by atoms with Crippen molar-refractivity contribution in [2.45, 2.75) is 6.92 Å². The van der Waals surface area contributed by atoms with E-state index in [-0.39, 0.29) is 22.2 Å². The molecule has 0 saturated carbocycles. The molecule has 1 aromatic heterocycles. The van der Waals surface area contributed by atoms with Gasteiger partial charge in [0.1, 0.15) is 16.8 Å². The molecule has 4 nitrogen and oxygen atoms in total. The molecule has 0 aliphatic rings. The Hall–Kier alpha value is -2.14. The molecule has 0 unspecified atom stereocenters. The van der Waals surface area contributed by atoms with Gasteiger partial charge in [0.05, 0.1) is 11.3 Å². The maximum atomic E-state index is 13.7. The summed E-state index contributed by atoms with van der Waals surface area (Å²) < 4.78 is 13.7. The smallest absolute Gasteiger partial charge is 0.252 e. The van der Waals surface area contributed by atoms with E-state index in [2.05, 4.69) is 10.3 Å². The van der Waals surface area contributed by atoms with Crippen LogP contribution in [0.5, 0.6) is 0 Å². The maximum absolute atomic E-state index is 13.7. The summed E-state index contributed by atoms with van der Waals surface area (Å²) in [5, 5.41) is 2.94. The third kappa shape index (κ3) is 2.82. The van der Waals surface area contributed by atoms with Crippen LogP contribution in [0.1, 0.15) is 15.9 Å². The monoisotopic (exact) mass is 279 g/mol. The van der Waals surface area contributed by atoms with Crippen molar-refractivity contribution < 1.29 is 9.18 Å². The predicted molar refractivity (Wildman–Crippen MR) is 72.2 cm³/mol. The molecule has 0 bridgehead atoms. The van der Waals surface area contributed by atoms with E-state index >= 15 is 0 Å². The number of amides is 1. The van der Waals surface area contributed by atoms with Crippen LogP contribution in [0.3, 0.4) is 0 Å². The number of rotatable bonds is 3. The Bertz CT molecular complexity index is 626. The minimum Gasteiger partial charge on any atom is -0.365 e. The number of pyridine rings is 1. The molecule has 3 N–H and O–H groups in total. The van der Waals surface area contributed by atoms with Gasteiger partial charge >= 0.3 is 0 Å². The maximum Gasteiger partial charge on any atom is 0.252 e. The zero-order chi connectivity index (χ0) is 14.0. The summed E-state index contributed by atoms with van der Waals surface area (Å²) in [6.07, 6.45) is 0. The molecule has 1 amide bonds. The number of para-hydroxylation sites is 1. The van der Waals surface area contributed by atoms with Gasteiger partial charge in [-0.3, -0.25) is 4.79 Å². The molecule has 1 aromatic carbocycles. The number of hydrogen-bond donors (Lipinski definition) is 2. The second kappa shape index (κ2) is 5.24. The predicted octanol–water partition coefficient (Wildman–Crippen LogP) is 3.03. The van der Waals surface area contributed by atoms with Gasteiger partial charge in [0.15, 0.2) is 0 Å². The van der Waals surface area contributed by atoms with Crippen molar-refractivity contribution in [2.24, 2.45) is 5.73 Å². The lowest BCUT2D eigenvalue weighted by Crippen LogP contribution is -2.14. The van der Waals surface area contributed by atoms with Crippen molar-refractivity contribution in [3.05, 3.63) is 52.4 Å². The lowest BCUT2D eigenvalue weighted by molar-refractivity contribution is 0.100. The molecule has 2 aromatic rings. The van der Waals surface area contributed by atoms with Gasteiger partial charge in [-0.1, -0.05) is 23.7 Å². The fraction of sp³-hybridized carbons (Fsp3) is 0.0769. The number of aromatic nitrogens is 1. The Morgan fingerprint density at radius 2 is 2.11 bits per heavy atom. The van der Waals surface area contributed by atoms with Gasteiger partial charge in [-0.2, -0.15) is 0 Å². The number of nitrogens with zero attached hydrogens (tertiary/aromatic N) is 1. The quantitative estimate of drug-likeness (QED) is 0.849. The lowest BCUT2D eigenvalue weighted by atomic mass is 10.1. The molecule has 2 rings (SSSR count). The van der Waals surface area contributed by atoms with Gasteiger partial charge in [-0.15, -0.1) is 0 Å². The number of carbonyl (C=O) groups excluding carboxylic acids is 1. The average Bonchev–Trinajstić information content (AvgIpc) is 2.33. The molecule has 0 atom stereocenters. The molecule has 0 fully saturated rings. The van der Waals surface area contributed by atoms with Gasteiger partial charge < -0.3 is 11.1 Å². The summed E-state index contributed by atoms with van der Waals surface area (Å²) in [5.41, 5.74) is 6.30. The number of primary amides is 1. The Labute approximate surface area is 114 Å². The van der Waals surface area contributed by atoms with Crippen LogP contribution in [0.15, 0.2) is 30.3 Å². The van der Waals surface area contributed by atoms with Crippen LogP contribution in [0.2, 0.25) is 5.15 Å². The highest BCUT2D eigenvalue weighted by molar-refractivity contribution is 6.29. The van der Waals surface area contributed by atoms with Crippen molar-refractivity contribution in [3.63, 3.8) is 0 Å². The fourth-order valence-corrected chi connectivity index (χ4v) is 1.79. The molecule has 1 heterocycles. The lowest BCUT2D eigenvalue weighted by Gasteiger charge is -2.12. The van der Waals surface area contributed by atoms with Crippen LogP contribution in [0, 0.1) is 12.7 Å². The molecular formula is C13H11ClFN3O. The van der Waals surface area contributed by atoms with E-state index < -0.39 is 11.7 Å². The van der Waals surface area contributed by atoms with Crippen LogP contribution in [-0.2, 0) is 0 Å². The van der Waals surface area contributed by atoms with E-state index in [9.17, 15) is 9.18 Å². The second-order valence-corrected chi connectivity index (χ2v) is 4.34. The highest BCUT2D eigenvalue weighted by atomic mass is 35.5. The summed E-state index contributed by atoms with van der Waals surface area (Å²) >= 11 is 5.77. The molecule has 98 valence electrons. The molecule has 6 heteroatoms. The van der Waals surface area contributed by atoms with Crippen molar-refractivity contribution in [3.8, 4) is 0 Å². The Morgan fingerprint density at radius 1 is 1.37 bits per heavy atom. The number of nitrogens with one attached hydrogen (secondary N) is 1. The second-order valence-electron chi connectivity index (χ2n) is 3.95. The summed E-state index contributed by atoms with van der Waals surface area (Å²) in [6.45, 7) is 1.74. The molecule has 0 aliphatic heterocycles. The van der Waals surface area contributed by atoms with E-state index in [0.29, 0.717) is 5.56 Å². The van der Waals surface area contributed by atoms with Crippen molar-refractivity contribution in [2.75, 3.05) is 5.32 Å². The normalized spacial score (nSPS) is 10.3. The van der Waals surface area contributed by atoms with Crippen molar-refractivity contribution in [1.82, 2.24) is 4.98 Å². The molecule has 19 heavy (non-hydrogen) atoms. The van der Waals surface area contributed by atoms with Crippen LogP contribution in [0.4, 0.5) is 15.9 Å². The van der Waals surface area contributed by atoms with E-state index in [1.165, 1.54) is 18.2 Å². The summed E-state index contributed by atoms with van der Waals surface area (Å²) in [4.78, 5) is 15.3. The minimum atomic E-state index is -0.666. The SMILES string of the molecule is Cc1cccc(F)c1Nc1nc(Cl)ccc1C(N)=O. The molecule has 0 aliphatic carbocycles. The van der Waals surface area contributed by atoms with Gasteiger partial charge in [0.2, 0.25) is 0 Å². The highest BCUT2D eigenvalue weighted by Crippen LogP contribution is 2.25. The van der Waals surface area contributed by atoms with Crippen molar-refractivity contribution in [1.29, 1.82) is 0 Å². The summed E-state index contributed by atoms with van der Waals surface area (Å²) in [5.74, 6) is -0.981. The average molecular weight is 280 g/mol. The van der Waals surface area contributed by atoms with Crippen LogP contribution < -0.4 is 11.1 Å². The first-order valence-corrected chi connectivity index (χ1v) is 5.85. The third-order valence-electron chi connectivity index (χ3n) is 2.59. The minimum absolute atomic E-state index is 0.133. The van der Waals surface area contributed by atoms with Crippen molar-refractivity contribution >= 4 is 29.0 Å². The Morgan fingerprint density at radius 3 is 2.74 bits per heavy atom. The highest BCUT2D eigenvalue weighted by Gasteiger charge is 2.13. The fourth-order valence-electron chi connectivity index (χ4n) is 1.64. The largest absolute Gasteiger partial charge is 0.365 e. The number of hydrogen-bond acceptors (Lipinski definition) is 3. The standard InChI is InChI=1S/C13H11ClFN3O/c1-7-3-2-4-9(15)11(7)18-13-8(12(16)19)5-6-10(14)17-13/h2-6H,1H3,(H2,16,19)(H,17,18). The molecule has 0 spiro atoms. The third-order valence-corrected chi connectivity index (χ3v) is 2.80. The van der Waals surface area contributed by atoms with E-state index in [1.54, 1.807) is 19.1 Å². The van der Waals surface area contributed by atoms with Gasteiger partial charge in [-0.05, 0) is 30.7 Å². The summed E-state index contributed by atoms with van der Waals surface area (Å²) in [7, 11) is 0. The van der Waals surface area contributed by atoms with Crippen LogP contribution >= 0.6 is 11.6 Å². The van der Waals surface area contributed by atoms with Gasteiger partial charge in [0, 0.05) is 0 Å². The van der Waals surface area contributed by atoms with Gasteiger partial charge in [-0.25, -0.2) is 9.37 Å². The number of anilines is 2. The van der Waals surface area contributed by atoms with Gasteiger partial charge in [0.25, 0.3) is 5.91 Å². The topological polar surface area (TPSA) is 68.0 Å². The first kappa shape index (κ1) is 13.3. The molecule has 0 radical (unpaired) electrons. The Kier molecular flexibility index (Phi) is 3.66. The number of aryl methyl sites for hydroxylation is 1. The summed E-state index contributed by atoms with van der Waals surface area (Å²) in [6, 6.07) is 7.52. The first-order valence-electron chi connectivity index (χ1n) is 5.47. The van der Waals surface area contributed by atoms with E-state index in [1.807, 2.05) is 0 Å². The van der Waals surface area contributed by atoms with E-state index in [0.717, 1.165) is 0 Å². The number of halogens is 2. The number of benzene rings is 1. The zero-order valence-electron chi connectivity index (χ0n) is 10.1. The first-order chi connectivity index (χ1) is 8.99. The van der Waals surface area contributed by atoms with Crippen LogP contribution in [0.25, 0.3) is 0 Å². The Balaban J connectivity index is 2.49. The molecular weight excluding hydrogens is 269 g/mol.